The van der Waals surface area contributed by atoms with Crippen LogP contribution < -0.4 is 0 Å². The Balaban J connectivity index is 1.46. The molecule has 0 bridgehead atoms. The van der Waals surface area contributed by atoms with Crippen molar-refractivity contribution in [2.75, 3.05) is 13.1 Å². The Morgan fingerprint density at radius 2 is 1.93 bits per heavy atom. The number of rotatable bonds is 7. The molecule has 0 radical (unpaired) electrons. The zero-order valence-electron chi connectivity index (χ0n) is 16.4. The van der Waals surface area contributed by atoms with Crippen molar-refractivity contribution in [3.8, 4) is 0 Å². The van der Waals surface area contributed by atoms with Crippen molar-refractivity contribution in [2.24, 2.45) is 11.8 Å². The van der Waals surface area contributed by atoms with Crippen molar-refractivity contribution in [1.82, 2.24) is 4.90 Å². The lowest BCUT2D eigenvalue weighted by molar-refractivity contribution is -0.147. The first-order valence-electron chi connectivity index (χ1n) is 10.3. The fraction of sp³-hybridized carbons (Fsp3) is 0.458. The van der Waals surface area contributed by atoms with Gasteiger partial charge in [0, 0.05) is 24.7 Å². The first-order valence-corrected chi connectivity index (χ1v) is 10.7. The van der Waals surface area contributed by atoms with Crippen LogP contribution in [0, 0.1) is 18.8 Å². The Bertz CT molecular complexity index is 855. The van der Waals surface area contributed by atoms with E-state index in [1.807, 2.05) is 6.07 Å². The maximum absolute atomic E-state index is 11.0. The Morgan fingerprint density at radius 1 is 1.18 bits per heavy atom. The molecular formula is C24H28ClNO2. The molecule has 0 spiro atoms. The van der Waals surface area contributed by atoms with Crippen LogP contribution in [0.5, 0.6) is 0 Å². The van der Waals surface area contributed by atoms with Gasteiger partial charge in [-0.15, -0.1) is 0 Å². The fourth-order valence-electron chi connectivity index (χ4n) is 4.52. The highest BCUT2D eigenvalue weighted by Crippen LogP contribution is 2.42. The second-order valence-corrected chi connectivity index (χ2v) is 8.97. The number of benzene rings is 2. The third-order valence-corrected chi connectivity index (χ3v) is 6.91. The van der Waals surface area contributed by atoms with E-state index in [0.29, 0.717) is 19.0 Å². The summed E-state index contributed by atoms with van der Waals surface area (Å²) in [7, 11) is 0. The number of carboxylic acids is 1. The van der Waals surface area contributed by atoms with Crippen LogP contribution in [-0.2, 0) is 17.8 Å². The van der Waals surface area contributed by atoms with Crippen molar-refractivity contribution in [1.29, 1.82) is 0 Å². The molecular weight excluding hydrogens is 370 g/mol. The predicted octanol–water partition coefficient (Wildman–Crippen LogP) is 5.29. The van der Waals surface area contributed by atoms with Crippen molar-refractivity contribution < 1.29 is 9.90 Å². The minimum atomic E-state index is -0.674. The Labute approximate surface area is 172 Å². The minimum Gasteiger partial charge on any atom is -0.481 e. The Morgan fingerprint density at radius 3 is 2.57 bits per heavy atom. The molecule has 1 aliphatic heterocycles. The van der Waals surface area contributed by atoms with Gasteiger partial charge in [-0.25, -0.2) is 0 Å². The summed E-state index contributed by atoms with van der Waals surface area (Å²) < 4.78 is 0. The second kappa shape index (κ2) is 8.26. The van der Waals surface area contributed by atoms with Gasteiger partial charge in [0.15, 0.2) is 0 Å². The molecule has 1 saturated heterocycles. The van der Waals surface area contributed by atoms with E-state index in [1.165, 1.54) is 36.0 Å². The Hall–Kier alpha value is -1.84. The minimum absolute atomic E-state index is 0.195. The number of aliphatic carboxylic acids is 1. The van der Waals surface area contributed by atoms with E-state index < -0.39 is 5.97 Å². The number of hydrogen-bond acceptors (Lipinski definition) is 2. The molecule has 2 aliphatic rings. The van der Waals surface area contributed by atoms with Gasteiger partial charge in [-0.2, -0.15) is 0 Å². The lowest BCUT2D eigenvalue weighted by atomic mass is 9.70. The molecule has 1 saturated carbocycles. The van der Waals surface area contributed by atoms with Gasteiger partial charge in [-0.1, -0.05) is 54.4 Å². The van der Waals surface area contributed by atoms with Crippen LogP contribution in [0.4, 0.5) is 0 Å². The third-order valence-electron chi connectivity index (χ3n) is 6.49. The fourth-order valence-corrected chi connectivity index (χ4v) is 4.64. The van der Waals surface area contributed by atoms with Crippen LogP contribution in [0.3, 0.4) is 0 Å². The molecule has 0 aromatic heterocycles. The van der Waals surface area contributed by atoms with Crippen LogP contribution in [0.2, 0.25) is 5.02 Å². The SMILES string of the molecule is Cc1cc([C@@H](Cc2cccc(CN3CC(C(=O)O)C3)c2)C2CCC2)ccc1Cl. The molecule has 1 N–H and O–H groups in total. The van der Waals surface area contributed by atoms with Crippen molar-refractivity contribution in [3.63, 3.8) is 0 Å². The summed E-state index contributed by atoms with van der Waals surface area (Å²) in [6.07, 6.45) is 5.03. The molecule has 4 rings (SSSR count). The van der Waals surface area contributed by atoms with Crippen LogP contribution in [0.1, 0.15) is 47.4 Å². The van der Waals surface area contributed by atoms with E-state index >= 15 is 0 Å². The number of carboxylic acid groups (broad SMARTS) is 1. The summed E-state index contributed by atoms with van der Waals surface area (Å²) in [5.74, 6) is 0.433. The van der Waals surface area contributed by atoms with Gasteiger partial charge >= 0.3 is 5.97 Å². The van der Waals surface area contributed by atoms with Gasteiger partial charge in [-0.3, -0.25) is 9.69 Å². The second-order valence-electron chi connectivity index (χ2n) is 8.56. The summed E-state index contributed by atoms with van der Waals surface area (Å²) in [6.45, 7) is 4.25. The summed E-state index contributed by atoms with van der Waals surface area (Å²) in [4.78, 5) is 13.2. The predicted molar refractivity (Wildman–Crippen MR) is 113 cm³/mol. The monoisotopic (exact) mass is 397 g/mol. The van der Waals surface area contributed by atoms with Gasteiger partial charge in [0.2, 0.25) is 0 Å². The quantitative estimate of drug-likeness (QED) is 0.689. The summed E-state index contributed by atoms with van der Waals surface area (Å²) in [6, 6.07) is 15.3. The van der Waals surface area contributed by atoms with E-state index in [9.17, 15) is 4.79 Å². The molecule has 3 nitrogen and oxygen atoms in total. The highest BCUT2D eigenvalue weighted by molar-refractivity contribution is 6.31. The number of carbonyl (C=O) groups is 1. The zero-order chi connectivity index (χ0) is 19.7. The van der Waals surface area contributed by atoms with Crippen LogP contribution in [-0.4, -0.2) is 29.1 Å². The van der Waals surface area contributed by atoms with Gasteiger partial charge in [-0.05, 0) is 66.3 Å². The number of nitrogens with zero attached hydrogens (tertiary/aromatic N) is 1. The van der Waals surface area contributed by atoms with E-state index in [4.69, 9.17) is 16.7 Å². The molecule has 0 unspecified atom stereocenters. The van der Waals surface area contributed by atoms with Gasteiger partial charge < -0.3 is 5.11 Å². The van der Waals surface area contributed by atoms with Gasteiger partial charge in [0.25, 0.3) is 0 Å². The van der Waals surface area contributed by atoms with Crippen molar-refractivity contribution in [3.05, 3.63) is 69.7 Å². The molecule has 2 aromatic carbocycles. The number of likely N-dealkylation sites (tertiary alicyclic amines) is 1. The lowest BCUT2D eigenvalue weighted by Gasteiger charge is -2.37. The molecule has 1 aliphatic carbocycles. The molecule has 2 aromatic rings. The average Bonchev–Trinajstić information content (AvgIpc) is 2.58. The van der Waals surface area contributed by atoms with E-state index in [2.05, 4.69) is 48.2 Å². The zero-order valence-corrected chi connectivity index (χ0v) is 17.2. The molecule has 0 amide bonds. The summed E-state index contributed by atoms with van der Waals surface area (Å²) >= 11 is 6.25. The van der Waals surface area contributed by atoms with Gasteiger partial charge in [0.1, 0.15) is 0 Å². The van der Waals surface area contributed by atoms with E-state index in [-0.39, 0.29) is 5.92 Å². The highest BCUT2D eigenvalue weighted by Gasteiger charge is 2.32. The number of aryl methyl sites for hydroxylation is 1. The highest BCUT2D eigenvalue weighted by atomic mass is 35.5. The average molecular weight is 398 g/mol. The number of hydrogen-bond donors (Lipinski definition) is 1. The Kier molecular flexibility index (Phi) is 5.75. The lowest BCUT2D eigenvalue weighted by Crippen LogP contribution is -2.49. The maximum atomic E-state index is 11.0. The van der Waals surface area contributed by atoms with Crippen molar-refractivity contribution in [2.45, 2.75) is 45.1 Å². The summed E-state index contributed by atoms with van der Waals surface area (Å²) in [5, 5.41) is 9.89. The topological polar surface area (TPSA) is 40.5 Å². The first kappa shape index (κ1) is 19.5. The van der Waals surface area contributed by atoms with Crippen LogP contribution in [0.15, 0.2) is 42.5 Å². The normalized spacial score (nSPS) is 19.1. The van der Waals surface area contributed by atoms with E-state index in [0.717, 1.165) is 29.5 Å². The van der Waals surface area contributed by atoms with Crippen LogP contribution >= 0.6 is 11.6 Å². The molecule has 148 valence electrons. The third kappa shape index (κ3) is 4.26. The molecule has 1 atom stereocenters. The molecule has 1 heterocycles. The smallest absolute Gasteiger partial charge is 0.309 e. The molecule has 2 fully saturated rings. The van der Waals surface area contributed by atoms with Crippen molar-refractivity contribution >= 4 is 17.6 Å². The van der Waals surface area contributed by atoms with Gasteiger partial charge in [0.05, 0.1) is 5.92 Å². The molecule has 28 heavy (non-hydrogen) atoms. The first-order chi connectivity index (χ1) is 13.5. The van der Waals surface area contributed by atoms with E-state index in [1.54, 1.807) is 0 Å². The largest absolute Gasteiger partial charge is 0.481 e. The molecule has 4 heteroatoms. The summed E-state index contributed by atoms with van der Waals surface area (Å²) in [5.41, 5.74) is 5.21. The van der Waals surface area contributed by atoms with Crippen LogP contribution in [0.25, 0.3) is 0 Å². The standard InChI is InChI=1S/C24H28ClNO2/c1-16-10-20(8-9-23(16)25)22(19-6-3-7-19)12-17-4-2-5-18(11-17)13-26-14-21(15-26)24(27)28/h2,4-5,8-11,19,21-22H,3,6-7,12-15H2,1H3,(H,27,28)/t22-/m0/s1. The maximum Gasteiger partial charge on any atom is 0.309 e. The number of halogens is 1.